The number of aliphatic carboxylic acids is 1. The molecule has 1 aliphatic rings. The molecule has 1 aliphatic heterocycles. The van der Waals surface area contributed by atoms with E-state index in [2.05, 4.69) is 5.32 Å². The van der Waals surface area contributed by atoms with Crippen LogP contribution in [0.4, 0.5) is 0 Å². The minimum atomic E-state index is -0.941. The lowest BCUT2D eigenvalue weighted by Crippen LogP contribution is -2.38. The Kier molecular flexibility index (Phi) is 5.37. The highest BCUT2D eigenvalue weighted by Gasteiger charge is 2.28. The van der Waals surface area contributed by atoms with Crippen LogP contribution in [-0.4, -0.2) is 49.5 Å². The molecule has 3 unspecified atom stereocenters. The van der Waals surface area contributed by atoms with Crippen LogP contribution in [0.1, 0.15) is 19.8 Å². The molecule has 6 heteroatoms. The van der Waals surface area contributed by atoms with Gasteiger partial charge in [0, 0.05) is 13.7 Å². The maximum atomic E-state index is 11.7. The second kappa shape index (κ2) is 6.56. The van der Waals surface area contributed by atoms with Crippen molar-refractivity contribution in [2.24, 2.45) is 5.92 Å². The monoisotopic (exact) mass is 245 g/mol. The summed E-state index contributed by atoms with van der Waals surface area (Å²) in [6, 6.07) is 0. The molecule has 98 valence electrons. The first-order chi connectivity index (χ1) is 8.02. The number of carbonyl (C=O) groups excluding carboxylic acids is 1. The van der Waals surface area contributed by atoms with Crippen LogP contribution in [0.3, 0.4) is 0 Å². The van der Waals surface area contributed by atoms with Gasteiger partial charge in [0.15, 0.2) is 0 Å². The summed E-state index contributed by atoms with van der Waals surface area (Å²) in [5.41, 5.74) is 0. The Labute approximate surface area is 100 Å². The first-order valence-electron chi connectivity index (χ1n) is 5.66. The number of rotatable bonds is 6. The number of carboxylic acids is 1. The third kappa shape index (κ3) is 4.70. The van der Waals surface area contributed by atoms with Gasteiger partial charge in [-0.25, -0.2) is 0 Å². The highest BCUT2D eigenvalue weighted by molar-refractivity contribution is 5.79. The predicted octanol–water partition coefficient (Wildman–Crippen LogP) is 0.0173. The van der Waals surface area contributed by atoms with Crippen LogP contribution < -0.4 is 5.32 Å². The minimum absolute atomic E-state index is 0.0956. The van der Waals surface area contributed by atoms with Gasteiger partial charge in [0.2, 0.25) is 5.91 Å². The van der Waals surface area contributed by atoms with Crippen molar-refractivity contribution >= 4 is 11.9 Å². The summed E-state index contributed by atoms with van der Waals surface area (Å²) in [6.07, 6.45) is 0.218. The number of nitrogens with one attached hydrogen (secondary N) is 1. The van der Waals surface area contributed by atoms with Crippen molar-refractivity contribution in [1.29, 1.82) is 0 Å². The second-order valence-corrected chi connectivity index (χ2v) is 4.28. The van der Waals surface area contributed by atoms with Crippen molar-refractivity contribution in [2.45, 2.75) is 32.0 Å². The molecule has 0 spiro atoms. The molecule has 1 amide bonds. The molecule has 6 nitrogen and oxygen atoms in total. The number of methoxy groups -OCH3 is 1. The molecule has 17 heavy (non-hydrogen) atoms. The molecule has 1 heterocycles. The number of ether oxygens (including phenoxy) is 2. The van der Waals surface area contributed by atoms with E-state index in [1.54, 1.807) is 0 Å². The lowest BCUT2D eigenvalue weighted by molar-refractivity contribution is -0.140. The van der Waals surface area contributed by atoms with Crippen molar-refractivity contribution in [1.82, 2.24) is 5.32 Å². The molecule has 3 atom stereocenters. The van der Waals surface area contributed by atoms with Crippen LogP contribution >= 0.6 is 0 Å². The normalized spacial score (nSPS) is 25.5. The van der Waals surface area contributed by atoms with E-state index in [1.807, 2.05) is 6.92 Å². The quantitative estimate of drug-likeness (QED) is 0.689. The highest BCUT2D eigenvalue weighted by atomic mass is 16.5. The van der Waals surface area contributed by atoms with Gasteiger partial charge < -0.3 is 19.9 Å². The van der Waals surface area contributed by atoms with E-state index < -0.39 is 12.1 Å². The molecule has 0 saturated carbocycles. The highest BCUT2D eigenvalue weighted by Crippen LogP contribution is 2.18. The molecule has 0 aromatic heterocycles. The van der Waals surface area contributed by atoms with Gasteiger partial charge >= 0.3 is 5.97 Å². The van der Waals surface area contributed by atoms with Crippen LogP contribution in [0.25, 0.3) is 0 Å². The fourth-order valence-electron chi connectivity index (χ4n) is 1.79. The summed E-state index contributed by atoms with van der Waals surface area (Å²) in [6.45, 7) is 2.58. The Bertz CT molecular complexity index is 281. The third-order valence-corrected chi connectivity index (χ3v) is 2.81. The number of amides is 1. The van der Waals surface area contributed by atoms with E-state index in [1.165, 1.54) is 7.11 Å². The third-order valence-electron chi connectivity index (χ3n) is 2.81. The summed E-state index contributed by atoms with van der Waals surface area (Å²) in [5, 5.41) is 11.3. The molecule has 2 N–H and O–H groups in total. The molecule has 1 rings (SSSR count). The van der Waals surface area contributed by atoms with Gasteiger partial charge in [-0.1, -0.05) is 0 Å². The Morgan fingerprint density at radius 3 is 2.76 bits per heavy atom. The molecule has 0 aromatic rings. The second-order valence-electron chi connectivity index (χ2n) is 4.28. The number of carbonyl (C=O) groups is 2. The molecule has 0 bridgehead atoms. The number of carboxylic acid groups (broad SMARTS) is 1. The largest absolute Gasteiger partial charge is 0.481 e. The zero-order chi connectivity index (χ0) is 12.8. The molecule has 1 saturated heterocycles. The van der Waals surface area contributed by atoms with Gasteiger partial charge in [-0.3, -0.25) is 9.59 Å². The van der Waals surface area contributed by atoms with E-state index in [-0.39, 0.29) is 30.9 Å². The molecular formula is C11H19NO5. The van der Waals surface area contributed by atoms with Crippen molar-refractivity contribution < 1.29 is 24.2 Å². The zero-order valence-corrected chi connectivity index (χ0v) is 10.1. The topological polar surface area (TPSA) is 84.9 Å². The first-order valence-corrected chi connectivity index (χ1v) is 5.66. The van der Waals surface area contributed by atoms with Gasteiger partial charge in [0.25, 0.3) is 0 Å². The van der Waals surface area contributed by atoms with E-state index >= 15 is 0 Å². The Hall–Kier alpha value is -1.14. The molecule has 0 radical (unpaired) electrons. The summed E-state index contributed by atoms with van der Waals surface area (Å²) < 4.78 is 10.3. The van der Waals surface area contributed by atoms with Crippen LogP contribution in [0.15, 0.2) is 0 Å². The minimum Gasteiger partial charge on any atom is -0.481 e. The first kappa shape index (κ1) is 13.9. The average molecular weight is 245 g/mol. The molecule has 0 aliphatic carbocycles. The summed E-state index contributed by atoms with van der Waals surface area (Å²) in [4.78, 5) is 22.2. The Morgan fingerprint density at radius 1 is 1.59 bits per heavy atom. The van der Waals surface area contributed by atoms with E-state index in [9.17, 15) is 9.59 Å². The van der Waals surface area contributed by atoms with Crippen molar-refractivity contribution in [2.75, 3.05) is 20.3 Å². The van der Waals surface area contributed by atoms with E-state index in [4.69, 9.17) is 14.6 Å². The van der Waals surface area contributed by atoms with Crippen molar-refractivity contribution in [3.8, 4) is 0 Å². The smallest absolute Gasteiger partial charge is 0.306 e. The van der Waals surface area contributed by atoms with E-state index in [0.29, 0.717) is 13.0 Å². The Morgan fingerprint density at radius 2 is 2.29 bits per heavy atom. The Balaban J connectivity index is 2.28. The zero-order valence-electron chi connectivity index (χ0n) is 10.1. The van der Waals surface area contributed by atoms with Gasteiger partial charge in [-0.15, -0.1) is 0 Å². The fraction of sp³-hybridized carbons (Fsp3) is 0.818. The van der Waals surface area contributed by atoms with Crippen molar-refractivity contribution in [3.05, 3.63) is 0 Å². The number of hydrogen-bond acceptors (Lipinski definition) is 4. The summed E-state index contributed by atoms with van der Waals surface area (Å²) in [7, 11) is 1.43. The van der Waals surface area contributed by atoms with Crippen LogP contribution in [-0.2, 0) is 19.1 Å². The maximum absolute atomic E-state index is 11.7. The van der Waals surface area contributed by atoms with Crippen LogP contribution in [0, 0.1) is 5.92 Å². The lowest BCUT2D eigenvalue weighted by Gasteiger charge is -2.15. The van der Waals surface area contributed by atoms with Crippen molar-refractivity contribution in [3.63, 3.8) is 0 Å². The SMILES string of the molecule is COC(CNC(=O)C1COC(C)C1)CC(=O)O. The van der Waals surface area contributed by atoms with Gasteiger partial charge in [-0.2, -0.15) is 0 Å². The van der Waals surface area contributed by atoms with Crippen LogP contribution in [0.2, 0.25) is 0 Å². The summed E-state index contributed by atoms with van der Waals surface area (Å²) >= 11 is 0. The molecule has 1 fully saturated rings. The molecule has 0 aromatic carbocycles. The summed E-state index contributed by atoms with van der Waals surface area (Å²) in [5.74, 6) is -1.17. The predicted molar refractivity (Wildman–Crippen MR) is 59.6 cm³/mol. The van der Waals surface area contributed by atoms with Gasteiger partial charge in [-0.05, 0) is 13.3 Å². The van der Waals surface area contributed by atoms with Gasteiger partial charge in [0.05, 0.1) is 31.2 Å². The van der Waals surface area contributed by atoms with E-state index in [0.717, 1.165) is 0 Å². The number of hydrogen-bond donors (Lipinski definition) is 2. The molecular weight excluding hydrogens is 226 g/mol. The maximum Gasteiger partial charge on any atom is 0.306 e. The standard InChI is InChI=1S/C11H19NO5/c1-7-3-8(6-17-7)11(15)12-5-9(16-2)4-10(13)14/h7-9H,3-6H2,1-2H3,(H,12,15)(H,13,14). The lowest BCUT2D eigenvalue weighted by atomic mass is 10.1. The van der Waals surface area contributed by atoms with Crippen LogP contribution in [0.5, 0.6) is 0 Å². The van der Waals surface area contributed by atoms with Gasteiger partial charge in [0.1, 0.15) is 0 Å². The fourth-order valence-corrected chi connectivity index (χ4v) is 1.79. The average Bonchev–Trinajstić information content (AvgIpc) is 2.70.